The van der Waals surface area contributed by atoms with Crippen molar-refractivity contribution in [2.45, 2.75) is 11.3 Å². The normalized spacial score (nSPS) is 13.8. The number of anilines is 1. The Balaban J connectivity index is 2.23. The number of carbonyl (C=O) groups is 2. The van der Waals surface area contributed by atoms with Gasteiger partial charge in [-0.15, -0.1) is 18.2 Å². The van der Waals surface area contributed by atoms with Gasteiger partial charge in [0.25, 0.3) is 5.91 Å². The highest BCUT2D eigenvalue weighted by molar-refractivity contribution is 7.99. The van der Waals surface area contributed by atoms with Gasteiger partial charge in [0.05, 0.1) is 12.2 Å². The molecule has 0 spiro atoms. The van der Waals surface area contributed by atoms with Gasteiger partial charge in [0.15, 0.2) is 0 Å². The third kappa shape index (κ3) is 2.84. The number of rotatable bonds is 2. The average molecular weight is 260 g/mol. The SMILES string of the molecule is C#CCNC(=O)c1ccc2c(c1)NC(=O)CCS2. The first-order chi connectivity index (χ1) is 8.70. The molecule has 0 fully saturated rings. The van der Waals surface area contributed by atoms with Gasteiger partial charge in [0.1, 0.15) is 0 Å². The predicted molar refractivity (Wildman–Crippen MR) is 71.6 cm³/mol. The molecule has 1 aliphatic rings. The molecule has 1 aliphatic heterocycles. The second-order valence-electron chi connectivity index (χ2n) is 3.74. The molecule has 1 aromatic carbocycles. The highest BCUT2D eigenvalue weighted by atomic mass is 32.2. The number of thioether (sulfide) groups is 1. The van der Waals surface area contributed by atoms with Gasteiger partial charge < -0.3 is 10.6 Å². The zero-order valence-electron chi connectivity index (χ0n) is 9.66. The van der Waals surface area contributed by atoms with Crippen molar-refractivity contribution in [3.05, 3.63) is 23.8 Å². The molecule has 0 saturated carbocycles. The number of amides is 2. The summed E-state index contributed by atoms with van der Waals surface area (Å²) in [5, 5.41) is 5.38. The van der Waals surface area contributed by atoms with E-state index < -0.39 is 0 Å². The Kier molecular flexibility index (Phi) is 3.90. The maximum absolute atomic E-state index is 11.7. The third-order valence-corrected chi connectivity index (χ3v) is 3.53. The maximum Gasteiger partial charge on any atom is 0.252 e. The Morgan fingerprint density at radius 1 is 1.56 bits per heavy atom. The molecule has 2 rings (SSSR count). The van der Waals surface area contributed by atoms with Gasteiger partial charge >= 0.3 is 0 Å². The van der Waals surface area contributed by atoms with E-state index in [1.807, 2.05) is 6.07 Å². The molecule has 92 valence electrons. The molecule has 1 aromatic rings. The van der Waals surface area contributed by atoms with E-state index in [1.165, 1.54) is 0 Å². The predicted octanol–water partition coefficient (Wildman–Crippen LogP) is 1.48. The van der Waals surface area contributed by atoms with E-state index in [-0.39, 0.29) is 18.4 Å². The Morgan fingerprint density at radius 2 is 2.39 bits per heavy atom. The Bertz CT molecular complexity index is 534. The van der Waals surface area contributed by atoms with Gasteiger partial charge in [0, 0.05) is 22.6 Å². The van der Waals surface area contributed by atoms with Crippen molar-refractivity contribution >= 4 is 29.3 Å². The van der Waals surface area contributed by atoms with Crippen LogP contribution < -0.4 is 10.6 Å². The van der Waals surface area contributed by atoms with Crippen LogP contribution in [0.3, 0.4) is 0 Å². The first kappa shape index (κ1) is 12.5. The average Bonchev–Trinajstić information content (AvgIpc) is 2.55. The summed E-state index contributed by atoms with van der Waals surface area (Å²) < 4.78 is 0. The molecular weight excluding hydrogens is 248 g/mol. The van der Waals surface area contributed by atoms with E-state index in [1.54, 1.807) is 23.9 Å². The van der Waals surface area contributed by atoms with Gasteiger partial charge in [-0.25, -0.2) is 0 Å². The monoisotopic (exact) mass is 260 g/mol. The summed E-state index contributed by atoms with van der Waals surface area (Å²) in [4.78, 5) is 24.2. The fourth-order valence-corrected chi connectivity index (χ4v) is 2.53. The molecule has 0 aromatic heterocycles. The topological polar surface area (TPSA) is 58.2 Å². The molecule has 4 nitrogen and oxygen atoms in total. The standard InChI is InChI=1S/C13H12N2O2S/c1-2-6-14-13(17)9-3-4-11-10(8-9)15-12(16)5-7-18-11/h1,3-4,8H,5-7H2,(H,14,17)(H,15,16). The molecule has 0 bridgehead atoms. The van der Waals surface area contributed by atoms with E-state index in [2.05, 4.69) is 16.6 Å². The Labute approximate surface area is 110 Å². The fraction of sp³-hybridized carbons (Fsp3) is 0.231. The molecular formula is C13H12N2O2S. The quantitative estimate of drug-likeness (QED) is 0.792. The summed E-state index contributed by atoms with van der Waals surface area (Å²) >= 11 is 1.60. The van der Waals surface area contributed by atoms with E-state index in [0.717, 1.165) is 10.6 Å². The maximum atomic E-state index is 11.7. The molecule has 0 radical (unpaired) electrons. The number of hydrogen-bond acceptors (Lipinski definition) is 3. The smallest absolute Gasteiger partial charge is 0.252 e. The summed E-state index contributed by atoms with van der Waals surface area (Å²) in [5.74, 6) is 2.83. The minimum atomic E-state index is -0.237. The molecule has 0 unspecified atom stereocenters. The van der Waals surface area contributed by atoms with Gasteiger partial charge in [-0.3, -0.25) is 9.59 Å². The largest absolute Gasteiger partial charge is 0.341 e. The molecule has 0 aliphatic carbocycles. The third-order valence-electron chi connectivity index (χ3n) is 2.45. The van der Waals surface area contributed by atoms with Crippen molar-refractivity contribution in [3.63, 3.8) is 0 Å². The van der Waals surface area contributed by atoms with Crippen LogP contribution in [0.2, 0.25) is 0 Å². The van der Waals surface area contributed by atoms with Crippen molar-refractivity contribution in [3.8, 4) is 12.3 Å². The van der Waals surface area contributed by atoms with Crippen molar-refractivity contribution in [1.82, 2.24) is 5.32 Å². The lowest BCUT2D eigenvalue weighted by atomic mass is 10.2. The number of benzene rings is 1. The zero-order chi connectivity index (χ0) is 13.0. The minimum Gasteiger partial charge on any atom is -0.341 e. The number of fused-ring (bicyclic) bond motifs is 1. The first-order valence-electron chi connectivity index (χ1n) is 5.49. The van der Waals surface area contributed by atoms with E-state index >= 15 is 0 Å². The number of terminal acetylenes is 1. The van der Waals surface area contributed by atoms with Gasteiger partial charge in [-0.05, 0) is 18.2 Å². The summed E-state index contributed by atoms with van der Waals surface area (Å²) in [6.07, 6.45) is 5.56. The first-order valence-corrected chi connectivity index (χ1v) is 6.47. The van der Waals surface area contributed by atoms with Gasteiger partial charge in [-0.2, -0.15) is 0 Å². The molecule has 2 N–H and O–H groups in total. The lowest BCUT2D eigenvalue weighted by Crippen LogP contribution is -2.23. The van der Waals surface area contributed by atoms with E-state index in [0.29, 0.717) is 17.7 Å². The molecule has 18 heavy (non-hydrogen) atoms. The van der Waals surface area contributed by atoms with E-state index in [4.69, 9.17) is 6.42 Å². The van der Waals surface area contributed by atoms with Crippen LogP contribution in [-0.2, 0) is 4.79 Å². The van der Waals surface area contributed by atoms with Crippen molar-refractivity contribution in [2.75, 3.05) is 17.6 Å². The highest BCUT2D eigenvalue weighted by Gasteiger charge is 2.15. The van der Waals surface area contributed by atoms with Crippen LogP contribution in [0.4, 0.5) is 5.69 Å². The van der Waals surface area contributed by atoms with Crippen LogP contribution >= 0.6 is 11.8 Å². The van der Waals surface area contributed by atoms with Crippen LogP contribution in [-0.4, -0.2) is 24.1 Å². The fourth-order valence-electron chi connectivity index (χ4n) is 1.59. The molecule has 1 heterocycles. The second kappa shape index (κ2) is 5.61. The number of hydrogen-bond donors (Lipinski definition) is 2. The molecule has 2 amide bonds. The summed E-state index contributed by atoms with van der Waals surface area (Å²) in [6.45, 7) is 0.191. The zero-order valence-corrected chi connectivity index (χ0v) is 10.5. The van der Waals surface area contributed by atoms with Crippen LogP contribution in [0.5, 0.6) is 0 Å². The molecule has 0 saturated heterocycles. The lowest BCUT2D eigenvalue weighted by molar-refractivity contribution is -0.115. The van der Waals surface area contributed by atoms with Gasteiger partial charge in [0.2, 0.25) is 5.91 Å². The van der Waals surface area contributed by atoms with Crippen LogP contribution in [0, 0.1) is 12.3 Å². The Hall–Kier alpha value is -1.93. The van der Waals surface area contributed by atoms with E-state index in [9.17, 15) is 9.59 Å². The summed E-state index contributed by atoms with van der Waals surface area (Å²) in [7, 11) is 0. The minimum absolute atomic E-state index is 0.0255. The van der Waals surface area contributed by atoms with Crippen LogP contribution in [0.25, 0.3) is 0 Å². The van der Waals surface area contributed by atoms with Crippen LogP contribution in [0.1, 0.15) is 16.8 Å². The second-order valence-corrected chi connectivity index (χ2v) is 4.88. The van der Waals surface area contributed by atoms with Gasteiger partial charge in [-0.1, -0.05) is 5.92 Å². The number of nitrogens with one attached hydrogen (secondary N) is 2. The van der Waals surface area contributed by atoms with Crippen molar-refractivity contribution in [2.24, 2.45) is 0 Å². The molecule has 5 heteroatoms. The Morgan fingerprint density at radius 3 is 3.17 bits per heavy atom. The summed E-state index contributed by atoms with van der Waals surface area (Å²) in [5.41, 5.74) is 1.18. The van der Waals surface area contributed by atoms with Crippen molar-refractivity contribution in [1.29, 1.82) is 0 Å². The van der Waals surface area contributed by atoms with Crippen LogP contribution in [0.15, 0.2) is 23.1 Å². The number of carbonyl (C=O) groups excluding carboxylic acids is 2. The summed E-state index contributed by atoms with van der Waals surface area (Å²) in [6, 6.07) is 5.25. The molecule has 0 atom stereocenters. The van der Waals surface area contributed by atoms with Crippen molar-refractivity contribution < 1.29 is 9.59 Å². The highest BCUT2D eigenvalue weighted by Crippen LogP contribution is 2.31. The lowest BCUT2D eigenvalue weighted by Gasteiger charge is -2.08.